The Balaban J connectivity index is 1.82. The van der Waals surface area contributed by atoms with Crippen molar-refractivity contribution in [1.29, 1.82) is 0 Å². The highest BCUT2D eigenvalue weighted by Gasteiger charge is 2.40. The van der Waals surface area contributed by atoms with Gasteiger partial charge in [-0.15, -0.1) is 0 Å². The highest BCUT2D eigenvalue weighted by molar-refractivity contribution is 7.93. The summed E-state index contributed by atoms with van der Waals surface area (Å²) in [6.45, 7) is 3.61. The zero-order valence-electron chi connectivity index (χ0n) is 25.4. The number of nitro groups is 2. The molecule has 3 aromatic carbocycles. The molecule has 16 nitrogen and oxygen atoms in total. The molecule has 0 amide bonds. The number of benzene rings is 3. The molecule has 1 atom stereocenters. The van der Waals surface area contributed by atoms with Gasteiger partial charge in [-0.25, -0.2) is 18.1 Å². The van der Waals surface area contributed by atoms with Gasteiger partial charge in [0.15, 0.2) is 10.7 Å². The molecule has 0 saturated carbocycles. The fourth-order valence-corrected chi connectivity index (χ4v) is 7.15. The van der Waals surface area contributed by atoms with Crippen LogP contribution in [0.25, 0.3) is 10.9 Å². The summed E-state index contributed by atoms with van der Waals surface area (Å²) < 4.78 is 42.5. The van der Waals surface area contributed by atoms with E-state index in [0.717, 1.165) is 16.4 Å². The van der Waals surface area contributed by atoms with Crippen LogP contribution in [0.5, 0.6) is 11.5 Å². The monoisotopic (exact) mass is 653 g/mol. The zero-order chi connectivity index (χ0) is 33.3. The molecule has 46 heavy (non-hydrogen) atoms. The highest BCUT2D eigenvalue weighted by Crippen LogP contribution is 2.42. The Morgan fingerprint density at radius 1 is 0.935 bits per heavy atom. The number of nitro benzene ring substituents is 2. The molecule has 4 aromatic rings. The van der Waals surface area contributed by atoms with E-state index in [1.165, 1.54) is 44.0 Å². The van der Waals surface area contributed by atoms with Gasteiger partial charge >= 0.3 is 0 Å². The smallest absolute Gasteiger partial charge is 0.296 e. The maximum atomic E-state index is 14.7. The van der Waals surface area contributed by atoms with E-state index in [1.54, 1.807) is 29.3 Å². The number of aromatic nitrogens is 2. The quantitative estimate of drug-likeness (QED) is 0.180. The number of nitrogens with zero attached hydrogens (tertiary/aromatic N) is 7. The molecule has 0 N–H and O–H groups in total. The average Bonchev–Trinajstić information content (AvgIpc) is 3.05. The van der Waals surface area contributed by atoms with Crippen molar-refractivity contribution in [3.05, 3.63) is 97.1 Å². The van der Waals surface area contributed by atoms with E-state index in [9.17, 15) is 33.4 Å². The third-order valence-electron chi connectivity index (χ3n) is 7.78. The molecule has 242 valence electrons. The Bertz CT molecular complexity index is 1990. The number of likely N-dealkylation sites (N-methyl/N-ethyl adjacent to an activating group) is 1. The Kier molecular flexibility index (Phi) is 8.80. The van der Waals surface area contributed by atoms with E-state index in [2.05, 4.69) is 4.90 Å². The largest absolute Gasteiger partial charge is 0.497 e. The first kappa shape index (κ1) is 32.1. The molecule has 1 aliphatic heterocycles. The highest BCUT2D eigenvalue weighted by atomic mass is 32.2. The van der Waals surface area contributed by atoms with Crippen LogP contribution in [-0.2, 0) is 10.0 Å². The molecule has 1 fully saturated rings. The molecule has 1 aromatic heterocycles. The Hall–Kier alpha value is -5.29. The van der Waals surface area contributed by atoms with Crippen LogP contribution < -0.4 is 24.3 Å². The van der Waals surface area contributed by atoms with Gasteiger partial charge in [0.2, 0.25) is 0 Å². The van der Waals surface area contributed by atoms with E-state index in [-0.39, 0.29) is 17.3 Å². The number of fused-ring (bicyclic) bond motifs is 1. The lowest BCUT2D eigenvalue weighted by molar-refractivity contribution is -0.396. The molecule has 0 spiro atoms. The van der Waals surface area contributed by atoms with Gasteiger partial charge in [-0.1, -0.05) is 12.1 Å². The van der Waals surface area contributed by atoms with Crippen LogP contribution in [0.3, 0.4) is 0 Å². The maximum Gasteiger partial charge on any atom is 0.296 e. The fourth-order valence-electron chi connectivity index (χ4n) is 5.38. The van der Waals surface area contributed by atoms with Gasteiger partial charge < -0.3 is 19.4 Å². The Morgan fingerprint density at radius 2 is 1.63 bits per heavy atom. The number of methoxy groups -OCH3 is 2. The van der Waals surface area contributed by atoms with Crippen LogP contribution in [0.1, 0.15) is 18.8 Å². The van der Waals surface area contributed by atoms with Crippen LogP contribution >= 0.6 is 0 Å². The van der Waals surface area contributed by atoms with Gasteiger partial charge in [-0.3, -0.25) is 29.3 Å². The SMILES string of the molecule is COc1ccc(N([C@@H](C)c2nc3ccccc3c(=O)n2N2CCN(C)CC2)S(=O)(=O)c2ccc([N+](=O)[O-])cc2[N+](=O)[O-])c(OC)c1. The van der Waals surface area contributed by atoms with Crippen LogP contribution in [0.4, 0.5) is 17.1 Å². The first-order valence-corrected chi connectivity index (χ1v) is 15.5. The molecular formula is C29H31N7O9S. The third-order valence-corrected chi connectivity index (χ3v) is 9.71. The van der Waals surface area contributed by atoms with Gasteiger partial charge in [0.25, 0.3) is 27.0 Å². The van der Waals surface area contributed by atoms with Crippen molar-refractivity contribution in [3.63, 3.8) is 0 Å². The van der Waals surface area contributed by atoms with Gasteiger partial charge in [0.05, 0.1) is 46.7 Å². The number of piperazine rings is 1. The molecule has 1 saturated heterocycles. The van der Waals surface area contributed by atoms with E-state index in [0.29, 0.717) is 48.9 Å². The fraction of sp³-hybridized carbons (Fsp3) is 0.310. The van der Waals surface area contributed by atoms with Crippen LogP contribution in [0, 0.1) is 20.2 Å². The van der Waals surface area contributed by atoms with Crippen molar-refractivity contribution in [2.45, 2.75) is 17.9 Å². The van der Waals surface area contributed by atoms with Crippen LogP contribution in [0.15, 0.2) is 70.4 Å². The first-order chi connectivity index (χ1) is 21.9. The third kappa shape index (κ3) is 5.77. The minimum absolute atomic E-state index is 0.0358. The summed E-state index contributed by atoms with van der Waals surface area (Å²) in [7, 11) is -0.248. The molecule has 0 unspecified atom stereocenters. The summed E-state index contributed by atoms with van der Waals surface area (Å²) >= 11 is 0. The molecule has 0 radical (unpaired) electrons. The minimum atomic E-state index is -4.93. The lowest BCUT2D eigenvalue weighted by Crippen LogP contribution is -2.55. The summed E-state index contributed by atoms with van der Waals surface area (Å²) in [5.74, 6) is 0.415. The normalized spacial score (nSPS) is 14.6. The van der Waals surface area contributed by atoms with Crippen LogP contribution in [-0.4, -0.2) is 80.3 Å². The minimum Gasteiger partial charge on any atom is -0.497 e. The van der Waals surface area contributed by atoms with Gasteiger partial charge in [0.1, 0.15) is 17.5 Å². The summed E-state index contributed by atoms with van der Waals surface area (Å²) in [6.07, 6.45) is 0. The lowest BCUT2D eigenvalue weighted by atomic mass is 10.2. The van der Waals surface area contributed by atoms with Crippen molar-refractivity contribution in [3.8, 4) is 11.5 Å². The first-order valence-electron chi connectivity index (χ1n) is 14.0. The summed E-state index contributed by atoms with van der Waals surface area (Å²) in [6, 6.07) is 12.0. The zero-order valence-corrected chi connectivity index (χ0v) is 26.2. The van der Waals surface area contributed by atoms with Crippen molar-refractivity contribution in [1.82, 2.24) is 14.6 Å². The number of non-ortho nitro benzene ring substituents is 1. The molecule has 17 heteroatoms. The predicted octanol–water partition coefficient (Wildman–Crippen LogP) is 3.07. The second-order valence-corrected chi connectivity index (χ2v) is 12.3. The average molecular weight is 654 g/mol. The molecule has 0 aliphatic carbocycles. The number of hydrogen-bond acceptors (Lipinski definition) is 12. The molecule has 1 aliphatic rings. The number of anilines is 1. The van der Waals surface area contributed by atoms with E-state index in [4.69, 9.17) is 14.5 Å². The summed E-state index contributed by atoms with van der Waals surface area (Å²) in [5.41, 5.74) is -1.80. The van der Waals surface area contributed by atoms with Crippen LogP contribution in [0.2, 0.25) is 0 Å². The lowest BCUT2D eigenvalue weighted by Gasteiger charge is -2.38. The topological polar surface area (TPSA) is 183 Å². The van der Waals surface area contributed by atoms with Crippen molar-refractivity contribution in [2.75, 3.05) is 56.8 Å². The van der Waals surface area contributed by atoms with Gasteiger partial charge in [-0.2, -0.15) is 0 Å². The van der Waals surface area contributed by atoms with Crippen molar-refractivity contribution < 1.29 is 27.7 Å². The molecular weight excluding hydrogens is 622 g/mol. The Labute approximate surface area is 263 Å². The Morgan fingerprint density at radius 3 is 2.26 bits per heavy atom. The second-order valence-electron chi connectivity index (χ2n) is 10.5. The molecule has 0 bridgehead atoms. The standard InChI is InChI=1S/C29H31N7O9S/c1-19(28-30-23-8-6-5-7-22(23)29(37)33(28)32-15-13-31(2)14-16-32)34(24-11-10-21(44-3)18-26(24)45-4)46(42,43)27-12-9-20(35(38)39)17-25(27)36(40)41/h5-12,17-19H,13-16H2,1-4H3/t19-/m0/s1. The predicted molar refractivity (Wildman–Crippen MR) is 169 cm³/mol. The molecule has 2 heterocycles. The van der Waals surface area contributed by atoms with Gasteiger partial charge in [0, 0.05) is 38.3 Å². The number of hydrogen-bond donors (Lipinski definition) is 0. The molecule has 5 rings (SSSR count). The number of ether oxygens (including phenoxy) is 2. The summed E-state index contributed by atoms with van der Waals surface area (Å²) in [4.78, 5) is 41.8. The van der Waals surface area contributed by atoms with E-state index < -0.39 is 47.7 Å². The van der Waals surface area contributed by atoms with E-state index in [1.807, 2.05) is 7.05 Å². The van der Waals surface area contributed by atoms with E-state index >= 15 is 0 Å². The number of para-hydroxylation sites is 1. The van der Waals surface area contributed by atoms with Gasteiger partial charge in [-0.05, 0) is 44.3 Å². The maximum absolute atomic E-state index is 14.7. The number of rotatable bonds is 10. The van der Waals surface area contributed by atoms with Crippen molar-refractivity contribution in [2.24, 2.45) is 0 Å². The van der Waals surface area contributed by atoms with Crippen molar-refractivity contribution >= 4 is 38.0 Å². The summed E-state index contributed by atoms with van der Waals surface area (Å²) in [5, 5.41) is 25.6. The second kappa shape index (κ2) is 12.6. The number of sulfonamides is 1.